The molecule has 0 saturated carbocycles. The molecule has 0 bridgehead atoms. The number of alkyl halides is 6. The van der Waals surface area contributed by atoms with Gasteiger partial charge in [-0.3, -0.25) is 4.79 Å². The molecule has 0 radical (unpaired) electrons. The standard InChI is InChI=1S/C28H21F6NO7/c1-14-9-10-20(15(2)11-14)35-23(36)21(41-25(39)16-5-3-7-18(12-16)27(29,30)31)22(24(37)38)42-26(40)17-6-4-8-19(13-17)28(32,33)34/h3-13,21-22H,1-2H3,(H,35,36)(H,37,38)/t21-,22-/m1/s1. The summed E-state index contributed by atoms with van der Waals surface area (Å²) in [7, 11) is 0. The van der Waals surface area contributed by atoms with Crippen LogP contribution in [0.1, 0.15) is 43.0 Å². The number of hydrogen-bond donors (Lipinski definition) is 2. The van der Waals surface area contributed by atoms with Gasteiger partial charge in [-0.15, -0.1) is 0 Å². The molecular weight excluding hydrogens is 576 g/mol. The number of aryl methyl sites for hydroxylation is 2. The number of carbonyl (C=O) groups is 4. The monoisotopic (exact) mass is 597 g/mol. The van der Waals surface area contributed by atoms with E-state index in [-0.39, 0.29) is 5.69 Å². The molecule has 0 aliphatic rings. The number of halogens is 6. The minimum absolute atomic E-state index is 0.124. The summed E-state index contributed by atoms with van der Waals surface area (Å²) in [5.41, 5.74) is -2.58. The van der Waals surface area contributed by atoms with Gasteiger partial charge in [0.2, 0.25) is 12.2 Å². The minimum atomic E-state index is -4.86. The number of ether oxygens (including phenoxy) is 2. The van der Waals surface area contributed by atoms with E-state index in [0.29, 0.717) is 29.8 Å². The molecule has 222 valence electrons. The number of aliphatic carboxylic acids is 1. The Morgan fingerprint density at radius 1 is 0.714 bits per heavy atom. The Labute approximate surface area is 233 Å². The Bertz CT molecular complexity index is 1520. The van der Waals surface area contributed by atoms with Crippen molar-refractivity contribution in [3.05, 3.63) is 100 Å². The summed E-state index contributed by atoms with van der Waals surface area (Å²) >= 11 is 0. The van der Waals surface area contributed by atoms with Crippen molar-refractivity contribution in [2.75, 3.05) is 5.32 Å². The molecule has 2 N–H and O–H groups in total. The molecule has 14 heteroatoms. The number of anilines is 1. The Kier molecular flexibility index (Phi) is 9.29. The molecule has 0 aromatic heterocycles. The molecule has 1 amide bonds. The van der Waals surface area contributed by atoms with Gasteiger partial charge in [0.05, 0.1) is 22.3 Å². The highest BCUT2D eigenvalue weighted by Crippen LogP contribution is 2.31. The lowest BCUT2D eigenvalue weighted by Crippen LogP contribution is -2.48. The fraction of sp³-hybridized carbons (Fsp3) is 0.214. The number of amides is 1. The molecule has 42 heavy (non-hydrogen) atoms. The van der Waals surface area contributed by atoms with E-state index in [1.165, 1.54) is 6.07 Å². The van der Waals surface area contributed by atoms with Gasteiger partial charge in [0.25, 0.3) is 5.91 Å². The summed E-state index contributed by atoms with van der Waals surface area (Å²) in [4.78, 5) is 50.8. The van der Waals surface area contributed by atoms with Crippen LogP contribution in [0.2, 0.25) is 0 Å². The number of carbonyl (C=O) groups excluding carboxylic acids is 3. The molecule has 0 aliphatic carbocycles. The van der Waals surface area contributed by atoms with E-state index < -0.39 is 70.6 Å². The minimum Gasteiger partial charge on any atom is -0.478 e. The first kappa shape index (κ1) is 31.6. The molecule has 0 heterocycles. The van der Waals surface area contributed by atoms with Crippen LogP contribution in [0.4, 0.5) is 32.0 Å². The van der Waals surface area contributed by atoms with E-state index in [1.807, 2.05) is 0 Å². The highest BCUT2D eigenvalue weighted by Gasteiger charge is 2.42. The summed E-state index contributed by atoms with van der Waals surface area (Å²) < 4.78 is 88.6. The Morgan fingerprint density at radius 2 is 1.19 bits per heavy atom. The van der Waals surface area contributed by atoms with Crippen LogP contribution in [0.3, 0.4) is 0 Å². The number of benzene rings is 3. The van der Waals surface area contributed by atoms with Crippen LogP contribution in [-0.4, -0.2) is 41.1 Å². The van der Waals surface area contributed by atoms with Crippen molar-refractivity contribution in [3.63, 3.8) is 0 Å². The van der Waals surface area contributed by atoms with E-state index in [9.17, 15) is 50.6 Å². The molecule has 0 saturated heterocycles. The Hall–Kier alpha value is -4.88. The largest absolute Gasteiger partial charge is 0.478 e. The van der Waals surface area contributed by atoms with Crippen LogP contribution in [0, 0.1) is 13.8 Å². The van der Waals surface area contributed by atoms with Crippen LogP contribution in [-0.2, 0) is 31.4 Å². The lowest BCUT2D eigenvalue weighted by atomic mass is 10.1. The van der Waals surface area contributed by atoms with Gasteiger partial charge in [-0.2, -0.15) is 26.3 Å². The third kappa shape index (κ3) is 7.86. The summed E-state index contributed by atoms with van der Waals surface area (Å²) in [5, 5.41) is 12.1. The topological polar surface area (TPSA) is 119 Å². The van der Waals surface area contributed by atoms with Gasteiger partial charge in [-0.05, 0) is 61.9 Å². The highest BCUT2D eigenvalue weighted by atomic mass is 19.4. The van der Waals surface area contributed by atoms with Crippen molar-refractivity contribution in [3.8, 4) is 0 Å². The van der Waals surface area contributed by atoms with Crippen LogP contribution < -0.4 is 5.32 Å². The fourth-order valence-corrected chi connectivity index (χ4v) is 3.66. The van der Waals surface area contributed by atoms with E-state index in [1.54, 1.807) is 26.0 Å². The van der Waals surface area contributed by atoms with Gasteiger partial charge in [-0.1, -0.05) is 29.8 Å². The first-order chi connectivity index (χ1) is 19.5. The number of carboxylic acid groups (broad SMARTS) is 1. The van der Waals surface area contributed by atoms with Gasteiger partial charge in [0, 0.05) is 5.69 Å². The average Bonchev–Trinajstić information content (AvgIpc) is 2.91. The smallest absolute Gasteiger partial charge is 0.416 e. The van der Waals surface area contributed by atoms with Crippen LogP contribution in [0.5, 0.6) is 0 Å². The van der Waals surface area contributed by atoms with Crippen LogP contribution in [0.25, 0.3) is 0 Å². The third-order valence-electron chi connectivity index (χ3n) is 5.74. The van der Waals surface area contributed by atoms with Gasteiger partial charge < -0.3 is 19.9 Å². The zero-order valence-corrected chi connectivity index (χ0v) is 21.7. The van der Waals surface area contributed by atoms with Crippen molar-refractivity contribution in [1.82, 2.24) is 0 Å². The second-order valence-electron chi connectivity index (χ2n) is 8.95. The molecule has 0 fully saturated rings. The summed E-state index contributed by atoms with van der Waals surface area (Å²) in [6.45, 7) is 3.32. The van der Waals surface area contributed by atoms with E-state index >= 15 is 0 Å². The number of esters is 2. The van der Waals surface area contributed by atoms with E-state index in [4.69, 9.17) is 9.47 Å². The number of nitrogens with one attached hydrogen (secondary N) is 1. The number of rotatable bonds is 8. The molecule has 3 aromatic rings. The Balaban J connectivity index is 1.99. The van der Waals surface area contributed by atoms with Crippen molar-refractivity contribution >= 4 is 29.5 Å². The average molecular weight is 597 g/mol. The zero-order valence-electron chi connectivity index (χ0n) is 21.7. The number of hydrogen-bond acceptors (Lipinski definition) is 6. The maximum absolute atomic E-state index is 13.2. The lowest BCUT2D eigenvalue weighted by Gasteiger charge is -2.24. The van der Waals surface area contributed by atoms with Crippen LogP contribution >= 0.6 is 0 Å². The normalized spacial score (nSPS) is 13.0. The summed E-state index contributed by atoms with van der Waals surface area (Å²) in [5.74, 6) is -6.60. The summed E-state index contributed by atoms with van der Waals surface area (Å²) in [6.07, 6.45) is -14.9. The lowest BCUT2D eigenvalue weighted by molar-refractivity contribution is -0.157. The molecule has 2 atom stereocenters. The first-order valence-corrected chi connectivity index (χ1v) is 11.8. The van der Waals surface area contributed by atoms with Gasteiger partial charge >= 0.3 is 30.3 Å². The SMILES string of the molecule is Cc1ccc(NC(=O)[C@H](OC(=O)c2cccc(C(F)(F)F)c2)[C@@H](OC(=O)c2cccc(C(F)(F)F)c2)C(=O)O)c(C)c1. The maximum atomic E-state index is 13.2. The molecular formula is C28H21F6NO7. The second kappa shape index (κ2) is 12.3. The van der Waals surface area contributed by atoms with E-state index in [2.05, 4.69) is 5.32 Å². The summed E-state index contributed by atoms with van der Waals surface area (Å²) in [6, 6.07) is 10.2. The maximum Gasteiger partial charge on any atom is 0.416 e. The second-order valence-corrected chi connectivity index (χ2v) is 8.95. The molecule has 8 nitrogen and oxygen atoms in total. The number of carboxylic acids is 1. The van der Waals surface area contributed by atoms with Gasteiger partial charge in [-0.25, -0.2) is 14.4 Å². The van der Waals surface area contributed by atoms with Crippen molar-refractivity contribution in [1.29, 1.82) is 0 Å². The molecule has 3 rings (SSSR count). The predicted octanol–water partition coefficient (Wildman–Crippen LogP) is 5.82. The predicted molar refractivity (Wildman–Crippen MR) is 133 cm³/mol. The molecule has 3 aromatic carbocycles. The highest BCUT2D eigenvalue weighted by molar-refractivity contribution is 6.02. The Morgan fingerprint density at radius 3 is 1.62 bits per heavy atom. The third-order valence-corrected chi connectivity index (χ3v) is 5.74. The van der Waals surface area contributed by atoms with Gasteiger partial charge in [0.15, 0.2) is 0 Å². The fourth-order valence-electron chi connectivity index (χ4n) is 3.66. The first-order valence-electron chi connectivity index (χ1n) is 11.8. The molecule has 0 aliphatic heterocycles. The molecule has 0 unspecified atom stereocenters. The quantitative estimate of drug-likeness (QED) is 0.248. The van der Waals surface area contributed by atoms with Gasteiger partial charge in [0.1, 0.15) is 0 Å². The van der Waals surface area contributed by atoms with Crippen molar-refractivity contribution in [2.24, 2.45) is 0 Å². The molecule has 0 spiro atoms. The van der Waals surface area contributed by atoms with E-state index in [0.717, 1.165) is 29.8 Å². The van der Waals surface area contributed by atoms with Crippen molar-refractivity contribution < 1.29 is 60.1 Å². The van der Waals surface area contributed by atoms with Crippen LogP contribution in [0.15, 0.2) is 66.7 Å². The zero-order chi connectivity index (χ0) is 31.4. The van der Waals surface area contributed by atoms with Crippen molar-refractivity contribution in [2.45, 2.75) is 38.4 Å².